The summed E-state index contributed by atoms with van der Waals surface area (Å²) in [6.45, 7) is 3.88. The molecule has 182 valence electrons. The van der Waals surface area contributed by atoms with Crippen LogP contribution in [-0.4, -0.2) is 57.4 Å². The average molecular weight is 470 g/mol. The number of aliphatic hydroxyl groups is 1. The third-order valence-corrected chi connectivity index (χ3v) is 6.37. The molecule has 34 heavy (non-hydrogen) atoms. The molecule has 9 nitrogen and oxygen atoms in total. The Labute approximate surface area is 198 Å². The molecule has 2 atom stereocenters. The van der Waals surface area contributed by atoms with Crippen molar-refractivity contribution >= 4 is 16.9 Å². The molecule has 2 heterocycles. The summed E-state index contributed by atoms with van der Waals surface area (Å²) < 4.78 is 19.0. The van der Waals surface area contributed by atoms with Crippen LogP contribution in [-0.2, 0) is 11.3 Å². The monoisotopic (exact) mass is 469 g/mol. The number of carboxylic acid groups (broad SMARTS) is 1. The lowest BCUT2D eigenvalue weighted by Crippen LogP contribution is -2.31. The molecular weight excluding hydrogens is 438 g/mol. The summed E-state index contributed by atoms with van der Waals surface area (Å²) in [7, 11) is 3.16. The first-order valence-corrected chi connectivity index (χ1v) is 11.4. The number of hydrogen-bond acceptors (Lipinski definition) is 7. The molecule has 9 heteroatoms. The molecular formula is C25H31N3O6. The van der Waals surface area contributed by atoms with E-state index >= 15 is 0 Å². The van der Waals surface area contributed by atoms with E-state index in [0.29, 0.717) is 33.7 Å². The number of aromatic nitrogens is 3. The Bertz CT molecular complexity index is 1160. The SMILES string of the molecule is COc1cc(C(O)C(Cn2cc3cc(C)nc(C(=O)O)c3n2)OC2CCCC2)cc(OC)c1C. The molecule has 0 amide bonds. The Morgan fingerprint density at radius 3 is 2.38 bits per heavy atom. The van der Waals surface area contributed by atoms with E-state index in [2.05, 4.69) is 10.1 Å². The molecule has 2 aromatic heterocycles. The molecule has 1 fully saturated rings. The zero-order chi connectivity index (χ0) is 24.4. The number of hydrogen-bond donors (Lipinski definition) is 2. The van der Waals surface area contributed by atoms with Crippen LogP contribution in [0.3, 0.4) is 0 Å². The van der Waals surface area contributed by atoms with E-state index in [-0.39, 0.29) is 18.3 Å². The molecule has 0 bridgehead atoms. The van der Waals surface area contributed by atoms with Gasteiger partial charge in [0.25, 0.3) is 0 Å². The average Bonchev–Trinajstić information content (AvgIpc) is 3.47. The van der Waals surface area contributed by atoms with Gasteiger partial charge in [0.2, 0.25) is 0 Å². The molecule has 1 aromatic carbocycles. The number of pyridine rings is 1. The zero-order valence-electron chi connectivity index (χ0n) is 19.9. The lowest BCUT2D eigenvalue weighted by molar-refractivity contribution is -0.0845. The van der Waals surface area contributed by atoms with E-state index in [1.54, 1.807) is 50.2 Å². The summed E-state index contributed by atoms with van der Waals surface area (Å²) in [6.07, 6.45) is 4.30. The van der Waals surface area contributed by atoms with Crippen molar-refractivity contribution in [2.24, 2.45) is 0 Å². The fraction of sp³-hybridized carbons (Fsp3) is 0.480. The Hall–Kier alpha value is -3.17. The van der Waals surface area contributed by atoms with E-state index in [9.17, 15) is 15.0 Å². The number of ether oxygens (including phenoxy) is 3. The normalized spacial score (nSPS) is 16.0. The van der Waals surface area contributed by atoms with Gasteiger partial charge in [0.1, 0.15) is 29.2 Å². The maximum Gasteiger partial charge on any atom is 0.356 e. The van der Waals surface area contributed by atoms with Crippen LogP contribution in [0.1, 0.15) is 59.1 Å². The van der Waals surface area contributed by atoms with Gasteiger partial charge in [-0.2, -0.15) is 5.10 Å². The number of fused-ring (bicyclic) bond motifs is 1. The summed E-state index contributed by atoms with van der Waals surface area (Å²) in [4.78, 5) is 15.8. The molecule has 0 radical (unpaired) electrons. The van der Waals surface area contributed by atoms with Crippen molar-refractivity contribution in [2.75, 3.05) is 14.2 Å². The number of rotatable bonds is 9. The smallest absolute Gasteiger partial charge is 0.356 e. The molecule has 4 rings (SSSR count). The number of benzene rings is 1. The topological polar surface area (TPSA) is 116 Å². The van der Waals surface area contributed by atoms with Gasteiger partial charge in [-0.15, -0.1) is 0 Å². The largest absolute Gasteiger partial charge is 0.496 e. The number of aryl methyl sites for hydroxylation is 1. The molecule has 0 spiro atoms. The highest BCUT2D eigenvalue weighted by Gasteiger charge is 2.29. The Morgan fingerprint density at radius 1 is 1.15 bits per heavy atom. The minimum Gasteiger partial charge on any atom is -0.496 e. The first-order chi connectivity index (χ1) is 16.3. The predicted molar refractivity (Wildman–Crippen MR) is 126 cm³/mol. The fourth-order valence-corrected chi connectivity index (χ4v) is 4.62. The van der Waals surface area contributed by atoms with Gasteiger partial charge in [0.15, 0.2) is 5.69 Å². The Balaban J connectivity index is 1.69. The zero-order valence-corrected chi connectivity index (χ0v) is 19.9. The second-order valence-corrected chi connectivity index (χ2v) is 8.78. The Kier molecular flexibility index (Phi) is 7.04. The quantitative estimate of drug-likeness (QED) is 0.486. The highest BCUT2D eigenvalue weighted by Crippen LogP contribution is 2.35. The molecule has 1 aliphatic rings. The number of carbonyl (C=O) groups is 1. The maximum atomic E-state index is 11.7. The van der Waals surface area contributed by atoms with Gasteiger partial charge >= 0.3 is 5.97 Å². The summed E-state index contributed by atoms with van der Waals surface area (Å²) in [6, 6.07) is 5.39. The minimum absolute atomic E-state index is 0.0531. The molecule has 1 aliphatic carbocycles. The van der Waals surface area contributed by atoms with Crippen LogP contribution in [0, 0.1) is 13.8 Å². The first kappa shape index (κ1) is 24.0. The van der Waals surface area contributed by atoms with Crippen LogP contribution in [0.25, 0.3) is 10.9 Å². The van der Waals surface area contributed by atoms with E-state index in [1.165, 1.54) is 0 Å². The number of aromatic carboxylic acids is 1. The standard InChI is InChI=1S/C25H31N3O6/c1-14-9-17-12-28(27-22(17)23(26-14)25(30)31)13-21(34-18-7-5-6-8-18)24(29)16-10-19(32-3)15(2)20(11-16)33-4/h9-12,18,21,24,29H,5-8,13H2,1-4H3,(H,30,31). The van der Waals surface area contributed by atoms with Crippen molar-refractivity contribution < 1.29 is 29.2 Å². The number of nitrogens with zero attached hydrogens (tertiary/aromatic N) is 3. The third-order valence-electron chi connectivity index (χ3n) is 6.37. The summed E-state index contributed by atoms with van der Waals surface area (Å²) in [5.41, 5.74) is 2.28. The van der Waals surface area contributed by atoms with Crippen molar-refractivity contribution in [3.63, 3.8) is 0 Å². The maximum absolute atomic E-state index is 11.7. The minimum atomic E-state index is -1.13. The van der Waals surface area contributed by atoms with Crippen molar-refractivity contribution in [3.8, 4) is 11.5 Å². The molecule has 1 saturated carbocycles. The van der Waals surface area contributed by atoms with Crippen LogP contribution in [0.4, 0.5) is 0 Å². The number of methoxy groups -OCH3 is 2. The van der Waals surface area contributed by atoms with Gasteiger partial charge < -0.3 is 24.4 Å². The lowest BCUT2D eigenvalue weighted by atomic mass is 10.0. The van der Waals surface area contributed by atoms with Gasteiger partial charge in [-0.25, -0.2) is 9.78 Å². The molecule has 2 unspecified atom stereocenters. The van der Waals surface area contributed by atoms with E-state index in [1.807, 2.05) is 6.92 Å². The highest BCUT2D eigenvalue weighted by molar-refractivity contribution is 5.99. The van der Waals surface area contributed by atoms with Gasteiger partial charge in [0, 0.05) is 22.8 Å². The molecule has 0 saturated heterocycles. The van der Waals surface area contributed by atoms with Crippen molar-refractivity contribution in [1.82, 2.24) is 14.8 Å². The van der Waals surface area contributed by atoms with E-state index in [0.717, 1.165) is 31.2 Å². The Morgan fingerprint density at radius 2 is 1.79 bits per heavy atom. The van der Waals surface area contributed by atoms with Gasteiger partial charge in [0.05, 0.1) is 26.9 Å². The van der Waals surface area contributed by atoms with Crippen LogP contribution in [0.15, 0.2) is 24.4 Å². The summed E-state index contributed by atoms with van der Waals surface area (Å²) >= 11 is 0. The van der Waals surface area contributed by atoms with Crippen LogP contribution in [0.5, 0.6) is 11.5 Å². The first-order valence-electron chi connectivity index (χ1n) is 11.4. The predicted octanol–water partition coefficient (Wildman–Crippen LogP) is 3.82. The van der Waals surface area contributed by atoms with Crippen molar-refractivity contribution in [1.29, 1.82) is 0 Å². The second kappa shape index (κ2) is 9.99. The van der Waals surface area contributed by atoms with Crippen LogP contribution in [0.2, 0.25) is 0 Å². The van der Waals surface area contributed by atoms with E-state index in [4.69, 9.17) is 14.2 Å². The van der Waals surface area contributed by atoms with Gasteiger partial charge in [-0.3, -0.25) is 4.68 Å². The number of aliphatic hydroxyl groups excluding tert-OH is 1. The molecule has 0 aliphatic heterocycles. The van der Waals surface area contributed by atoms with Crippen LogP contribution < -0.4 is 9.47 Å². The summed E-state index contributed by atoms with van der Waals surface area (Å²) in [5.74, 6) is 0.104. The molecule has 2 N–H and O–H groups in total. The number of carboxylic acids is 1. The fourth-order valence-electron chi connectivity index (χ4n) is 4.62. The van der Waals surface area contributed by atoms with Crippen LogP contribution >= 0.6 is 0 Å². The summed E-state index contributed by atoms with van der Waals surface area (Å²) in [5, 5.41) is 26.1. The molecule has 3 aromatic rings. The van der Waals surface area contributed by atoms with Gasteiger partial charge in [-0.05, 0) is 50.5 Å². The van der Waals surface area contributed by atoms with Crippen molar-refractivity contribution in [2.45, 2.75) is 64.4 Å². The third kappa shape index (κ3) is 4.85. The highest BCUT2D eigenvalue weighted by atomic mass is 16.5. The van der Waals surface area contributed by atoms with E-state index < -0.39 is 18.2 Å². The lowest BCUT2D eigenvalue weighted by Gasteiger charge is -2.27. The second-order valence-electron chi connectivity index (χ2n) is 8.78. The van der Waals surface area contributed by atoms with Gasteiger partial charge in [-0.1, -0.05) is 12.8 Å². The van der Waals surface area contributed by atoms with Crippen molar-refractivity contribution in [3.05, 3.63) is 46.9 Å².